The smallest absolute Gasteiger partial charge is 0.159 e. The second-order valence-corrected chi connectivity index (χ2v) is 15.5. The highest BCUT2D eigenvalue weighted by Crippen LogP contribution is 2.47. The molecular formula is C55H40N2O2. The van der Waals surface area contributed by atoms with Gasteiger partial charge in [0.1, 0.15) is 11.2 Å². The summed E-state index contributed by atoms with van der Waals surface area (Å²) in [5.41, 5.74) is 17.6. The van der Waals surface area contributed by atoms with Crippen LogP contribution in [0.1, 0.15) is 27.8 Å². The van der Waals surface area contributed by atoms with Crippen LogP contribution in [0.5, 0.6) is 0 Å². The van der Waals surface area contributed by atoms with Crippen LogP contribution in [-0.4, -0.2) is 0 Å². The van der Waals surface area contributed by atoms with E-state index in [2.05, 4.69) is 212 Å². The second-order valence-electron chi connectivity index (χ2n) is 15.5. The molecule has 0 radical (unpaired) electrons. The molecule has 0 atom stereocenters. The second kappa shape index (κ2) is 13.8. The van der Waals surface area contributed by atoms with Gasteiger partial charge in [-0.25, -0.2) is 0 Å². The van der Waals surface area contributed by atoms with Crippen molar-refractivity contribution in [3.05, 3.63) is 221 Å². The van der Waals surface area contributed by atoms with Gasteiger partial charge in [0.25, 0.3) is 0 Å². The first kappa shape index (κ1) is 34.7. The lowest BCUT2D eigenvalue weighted by atomic mass is 9.86. The number of hydrogen-bond acceptors (Lipinski definition) is 4. The largest absolute Gasteiger partial charge is 0.454 e. The number of anilines is 5. The number of hydrogen-bond donors (Lipinski definition) is 0. The predicted molar refractivity (Wildman–Crippen MR) is 247 cm³/mol. The summed E-state index contributed by atoms with van der Waals surface area (Å²) < 4.78 is 13.6. The van der Waals surface area contributed by atoms with Crippen molar-refractivity contribution in [3.8, 4) is 0 Å². The lowest BCUT2D eigenvalue weighted by molar-refractivity contribution is 0.665. The minimum Gasteiger partial charge on any atom is -0.454 e. The van der Waals surface area contributed by atoms with Crippen LogP contribution < -0.4 is 9.80 Å². The molecule has 59 heavy (non-hydrogen) atoms. The van der Waals surface area contributed by atoms with Gasteiger partial charge in [0.05, 0.1) is 17.1 Å². The lowest BCUT2D eigenvalue weighted by Gasteiger charge is -2.32. The molecule has 4 nitrogen and oxygen atoms in total. The zero-order valence-electron chi connectivity index (χ0n) is 32.9. The molecule has 0 unspecified atom stereocenters. The van der Waals surface area contributed by atoms with E-state index >= 15 is 0 Å². The molecule has 4 heteroatoms. The van der Waals surface area contributed by atoms with Crippen molar-refractivity contribution in [2.75, 3.05) is 9.80 Å². The number of furan rings is 2. The maximum Gasteiger partial charge on any atom is 0.159 e. The maximum atomic E-state index is 6.80. The van der Waals surface area contributed by atoms with Crippen molar-refractivity contribution in [2.24, 2.45) is 0 Å². The van der Waals surface area contributed by atoms with E-state index in [0.717, 1.165) is 100 Å². The van der Waals surface area contributed by atoms with Crippen molar-refractivity contribution >= 4 is 84.5 Å². The third-order valence-corrected chi connectivity index (χ3v) is 11.8. The van der Waals surface area contributed by atoms with E-state index < -0.39 is 0 Å². The fourth-order valence-electron chi connectivity index (χ4n) is 8.99. The molecule has 7 aromatic carbocycles. The highest BCUT2D eigenvalue weighted by molar-refractivity contribution is 6.12. The number of para-hydroxylation sites is 6. The predicted octanol–water partition coefficient (Wildman–Crippen LogP) is 15.4. The Bertz CT molecular complexity index is 3280. The average Bonchev–Trinajstić information content (AvgIpc) is 3.86. The fourth-order valence-corrected chi connectivity index (χ4v) is 8.99. The molecule has 2 bridgehead atoms. The van der Waals surface area contributed by atoms with Gasteiger partial charge in [0.15, 0.2) is 11.2 Å². The van der Waals surface area contributed by atoms with Gasteiger partial charge in [-0.1, -0.05) is 140 Å². The fraction of sp³-hybridized carbons (Fsp3) is 0.0545. The summed E-state index contributed by atoms with van der Waals surface area (Å²) in [4.78, 5) is 4.71. The number of aryl methyl sites for hydroxylation is 2. The van der Waals surface area contributed by atoms with Crippen molar-refractivity contribution in [1.82, 2.24) is 0 Å². The zero-order valence-corrected chi connectivity index (χ0v) is 32.9. The van der Waals surface area contributed by atoms with Gasteiger partial charge < -0.3 is 18.6 Å². The molecule has 0 amide bonds. The number of allylic oxidation sites excluding steroid dienone is 6. The molecule has 9 aromatic rings. The van der Waals surface area contributed by atoms with Crippen LogP contribution in [0.2, 0.25) is 0 Å². The Morgan fingerprint density at radius 1 is 0.441 bits per heavy atom. The molecule has 11 rings (SSSR count). The van der Waals surface area contributed by atoms with E-state index in [1.54, 1.807) is 0 Å². The van der Waals surface area contributed by atoms with Crippen LogP contribution in [0, 0.1) is 13.8 Å². The van der Waals surface area contributed by atoms with Crippen molar-refractivity contribution in [3.63, 3.8) is 0 Å². The SMILES string of the molecule is C=C1C=CC(N(c2ccccc2)c2cccc3c2oc2c(C)cccc23)=C2C=Cc3ccc(N(c4ccccc4)c4cccc5c4oc4c(C)cccc45)c(c3C2)C=C1. The summed E-state index contributed by atoms with van der Waals surface area (Å²) in [5.74, 6) is 0. The van der Waals surface area contributed by atoms with Gasteiger partial charge >= 0.3 is 0 Å². The summed E-state index contributed by atoms with van der Waals surface area (Å²) in [7, 11) is 0. The van der Waals surface area contributed by atoms with Crippen LogP contribution in [-0.2, 0) is 6.42 Å². The van der Waals surface area contributed by atoms with E-state index in [0.29, 0.717) is 6.42 Å². The van der Waals surface area contributed by atoms with Gasteiger partial charge in [0.2, 0.25) is 0 Å². The van der Waals surface area contributed by atoms with Gasteiger partial charge in [-0.3, -0.25) is 0 Å². The minimum atomic E-state index is 0.709. The Morgan fingerprint density at radius 3 is 1.58 bits per heavy atom. The quantitative estimate of drug-likeness (QED) is 0.169. The third kappa shape index (κ3) is 5.67. The summed E-state index contributed by atoms with van der Waals surface area (Å²) in [5, 5.41) is 4.43. The molecule has 282 valence electrons. The Kier molecular flexibility index (Phi) is 8.12. The first-order valence-corrected chi connectivity index (χ1v) is 20.2. The van der Waals surface area contributed by atoms with Crippen LogP contribution in [0.25, 0.3) is 56.0 Å². The first-order chi connectivity index (χ1) is 29.0. The zero-order chi connectivity index (χ0) is 39.6. The Morgan fingerprint density at radius 2 is 0.966 bits per heavy atom. The van der Waals surface area contributed by atoms with Crippen LogP contribution in [0.4, 0.5) is 28.4 Å². The summed E-state index contributed by atoms with van der Waals surface area (Å²) >= 11 is 0. The highest BCUT2D eigenvalue weighted by Gasteiger charge is 2.27. The van der Waals surface area contributed by atoms with Gasteiger partial charge in [-0.2, -0.15) is 0 Å². The third-order valence-electron chi connectivity index (χ3n) is 11.8. The van der Waals surface area contributed by atoms with Gasteiger partial charge in [0, 0.05) is 50.6 Å². The minimum absolute atomic E-state index is 0.709. The average molecular weight is 761 g/mol. The molecule has 2 aromatic heterocycles. The van der Waals surface area contributed by atoms with E-state index in [1.807, 2.05) is 0 Å². The molecule has 0 N–H and O–H groups in total. The molecule has 0 saturated carbocycles. The number of fused-ring (bicyclic) bond motifs is 7. The Hall–Kier alpha value is -7.56. The molecule has 0 saturated heterocycles. The molecule has 2 heterocycles. The van der Waals surface area contributed by atoms with Gasteiger partial charge in [-0.15, -0.1) is 0 Å². The van der Waals surface area contributed by atoms with Crippen molar-refractivity contribution in [1.29, 1.82) is 0 Å². The van der Waals surface area contributed by atoms with E-state index in [1.165, 1.54) is 16.7 Å². The van der Waals surface area contributed by atoms with E-state index in [9.17, 15) is 0 Å². The van der Waals surface area contributed by atoms with Crippen LogP contribution in [0.3, 0.4) is 0 Å². The van der Waals surface area contributed by atoms with Crippen LogP contribution >= 0.6 is 0 Å². The highest BCUT2D eigenvalue weighted by atomic mass is 16.3. The first-order valence-electron chi connectivity index (χ1n) is 20.2. The number of benzene rings is 7. The lowest BCUT2D eigenvalue weighted by Crippen LogP contribution is -2.19. The van der Waals surface area contributed by atoms with Gasteiger partial charge in [-0.05, 0) is 95.8 Å². The number of rotatable bonds is 6. The molecule has 2 aliphatic rings. The summed E-state index contributed by atoms with van der Waals surface area (Å²) in [6.07, 6.45) is 14.0. The Balaban J connectivity index is 1.14. The monoisotopic (exact) mass is 760 g/mol. The summed E-state index contributed by atoms with van der Waals surface area (Å²) in [6, 6.07) is 51.4. The molecular weight excluding hydrogens is 721 g/mol. The van der Waals surface area contributed by atoms with Crippen LogP contribution in [0.15, 0.2) is 202 Å². The standard InChI is InChI=1S/C55H40N2O2/c1-35-26-31-42-47-34-39(48(32-27-35)56(40-16-6-4-7-17-40)50-24-12-22-45-43-20-10-14-36(2)52(43)58-54(45)50)29-28-38(47)30-33-49(42)57(41-18-8-5-9-19-41)51-25-13-23-46-44-21-11-15-37(3)53(44)59-55(46)51/h4-33H,1,34H2,2-3H3. The van der Waals surface area contributed by atoms with E-state index in [4.69, 9.17) is 8.83 Å². The summed E-state index contributed by atoms with van der Waals surface area (Å²) in [6.45, 7) is 8.76. The molecule has 2 aliphatic carbocycles. The van der Waals surface area contributed by atoms with Crippen molar-refractivity contribution in [2.45, 2.75) is 20.3 Å². The topological polar surface area (TPSA) is 32.8 Å². The number of nitrogens with zero attached hydrogens (tertiary/aromatic N) is 2. The normalized spacial score (nSPS) is 13.6. The van der Waals surface area contributed by atoms with E-state index in [-0.39, 0.29) is 0 Å². The molecule has 0 fully saturated rings. The Labute approximate surface area is 343 Å². The molecule has 0 aliphatic heterocycles. The van der Waals surface area contributed by atoms with Crippen molar-refractivity contribution < 1.29 is 8.83 Å². The maximum absolute atomic E-state index is 6.80. The molecule has 0 spiro atoms.